The largest absolute Gasteiger partial charge is 0.399 e. The van der Waals surface area contributed by atoms with Crippen LogP contribution >= 0.6 is 0 Å². The molecule has 0 aromatic carbocycles. The Bertz CT molecular complexity index is 298. The maximum atomic E-state index is 5.65. The predicted octanol–water partition coefficient (Wildman–Crippen LogP) is 1.87. The second-order valence-corrected chi connectivity index (χ2v) is 3.78. The van der Waals surface area contributed by atoms with Crippen LogP contribution in [0, 0.1) is 5.92 Å². The van der Waals surface area contributed by atoms with Gasteiger partial charge in [-0.3, -0.25) is 0 Å². The molecule has 1 saturated carbocycles. The maximum Gasteiger partial charge on any atom is 0.128 e. The van der Waals surface area contributed by atoms with E-state index in [1.54, 1.807) is 12.3 Å². The second-order valence-electron chi connectivity index (χ2n) is 3.78. The molecule has 70 valence electrons. The first-order valence-electron chi connectivity index (χ1n) is 4.74. The van der Waals surface area contributed by atoms with Crippen LogP contribution in [-0.2, 0) is 0 Å². The monoisotopic (exact) mass is 177 g/mol. The second kappa shape index (κ2) is 3.24. The first kappa shape index (κ1) is 8.35. The molecule has 3 nitrogen and oxygen atoms in total. The van der Waals surface area contributed by atoms with Crippen LogP contribution in [0.3, 0.4) is 0 Å². The van der Waals surface area contributed by atoms with Gasteiger partial charge < -0.3 is 11.1 Å². The number of nitrogens with two attached hydrogens (primary N) is 1. The molecule has 1 aromatic heterocycles. The van der Waals surface area contributed by atoms with Crippen LogP contribution in [0.2, 0.25) is 0 Å². The van der Waals surface area contributed by atoms with E-state index in [4.69, 9.17) is 5.73 Å². The number of nitrogens with zero attached hydrogens (tertiary/aromatic N) is 1. The quantitative estimate of drug-likeness (QED) is 0.725. The van der Waals surface area contributed by atoms with Crippen molar-refractivity contribution in [2.45, 2.75) is 25.8 Å². The first-order chi connectivity index (χ1) is 6.25. The van der Waals surface area contributed by atoms with Crippen molar-refractivity contribution in [2.24, 2.45) is 5.92 Å². The van der Waals surface area contributed by atoms with E-state index in [9.17, 15) is 0 Å². The van der Waals surface area contributed by atoms with Crippen LogP contribution in [0.15, 0.2) is 18.3 Å². The Morgan fingerprint density at radius 2 is 2.38 bits per heavy atom. The average molecular weight is 177 g/mol. The molecule has 1 aliphatic carbocycles. The molecule has 1 aliphatic rings. The summed E-state index contributed by atoms with van der Waals surface area (Å²) >= 11 is 0. The van der Waals surface area contributed by atoms with Crippen LogP contribution in [-0.4, -0.2) is 11.0 Å². The van der Waals surface area contributed by atoms with Crippen molar-refractivity contribution in [1.29, 1.82) is 0 Å². The third kappa shape index (κ3) is 1.74. The van der Waals surface area contributed by atoms with Gasteiger partial charge in [0.25, 0.3) is 0 Å². The number of aromatic nitrogens is 1. The van der Waals surface area contributed by atoms with Crippen LogP contribution in [0.5, 0.6) is 0 Å². The van der Waals surface area contributed by atoms with Gasteiger partial charge in [-0.2, -0.15) is 0 Å². The molecular formula is C10H15N3. The molecule has 1 fully saturated rings. The molecule has 1 heterocycles. The molecule has 3 heteroatoms. The van der Waals surface area contributed by atoms with Crippen LogP contribution in [0.1, 0.15) is 19.8 Å². The summed E-state index contributed by atoms with van der Waals surface area (Å²) in [6.45, 7) is 2.26. The lowest BCUT2D eigenvalue weighted by Gasteiger charge is -2.34. The number of nitrogen functional groups attached to an aromatic ring is 1. The van der Waals surface area contributed by atoms with Crippen LogP contribution in [0.4, 0.5) is 11.5 Å². The number of rotatable bonds is 2. The van der Waals surface area contributed by atoms with Gasteiger partial charge >= 0.3 is 0 Å². The van der Waals surface area contributed by atoms with Gasteiger partial charge in [0.05, 0.1) is 0 Å². The highest BCUT2D eigenvalue weighted by Gasteiger charge is 2.26. The van der Waals surface area contributed by atoms with Crippen molar-refractivity contribution >= 4 is 11.5 Å². The highest BCUT2D eigenvalue weighted by molar-refractivity contribution is 5.49. The Kier molecular flexibility index (Phi) is 2.08. The molecule has 0 radical (unpaired) electrons. The summed E-state index contributed by atoms with van der Waals surface area (Å²) in [4.78, 5) is 4.20. The summed E-state index contributed by atoms with van der Waals surface area (Å²) in [6, 6.07) is 4.27. The summed E-state index contributed by atoms with van der Waals surface area (Å²) in [5, 5.41) is 3.38. The van der Waals surface area contributed by atoms with E-state index in [1.807, 2.05) is 6.07 Å². The Morgan fingerprint density at radius 1 is 1.54 bits per heavy atom. The SMILES string of the molecule is CC1CCC1Nc1cc(N)ccn1. The van der Waals surface area contributed by atoms with E-state index >= 15 is 0 Å². The number of hydrogen-bond acceptors (Lipinski definition) is 3. The number of hydrogen-bond donors (Lipinski definition) is 2. The van der Waals surface area contributed by atoms with Crippen LogP contribution in [0.25, 0.3) is 0 Å². The van der Waals surface area contributed by atoms with Gasteiger partial charge in [0, 0.05) is 24.0 Å². The van der Waals surface area contributed by atoms with Gasteiger partial charge in [-0.1, -0.05) is 6.92 Å². The molecule has 0 saturated heterocycles. The molecule has 2 rings (SSSR count). The minimum atomic E-state index is 0.592. The minimum Gasteiger partial charge on any atom is -0.399 e. The summed E-state index contributed by atoms with van der Waals surface area (Å²) in [5.41, 5.74) is 6.42. The summed E-state index contributed by atoms with van der Waals surface area (Å²) in [5.74, 6) is 1.67. The van der Waals surface area contributed by atoms with Crippen LogP contribution < -0.4 is 11.1 Å². The Labute approximate surface area is 78.4 Å². The van der Waals surface area contributed by atoms with Crippen molar-refractivity contribution in [3.63, 3.8) is 0 Å². The molecule has 0 aliphatic heterocycles. The number of pyridine rings is 1. The molecule has 2 atom stereocenters. The highest BCUT2D eigenvalue weighted by atomic mass is 15.0. The van der Waals surface area contributed by atoms with Gasteiger partial charge in [0.2, 0.25) is 0 Å². The van der Waals surface area contributed by atoms with Gasteiger partial charge in [0.1, 0.15) is 5.82 Å². The molecule has 0 amide bonds. The predicted molar refractivity (Wildman–Crippen MR) is 54.5 cm³/mol. The molecule has 13 heavy (non-hydrogen) atoms. The topological polar surface area (TPSA) is 50.9 Å². The smallest absolute Gasteiger partial charge is 0.128 e. The fraction of sp³-hybridized carbons (Fsp3) is 0.500. The fourth-order valence-corrected chi connectivity index (χ4v) is 1.60. The van der Waals surface area contributed by atoms with E-state index in [0.717, 1.165) is 17.4 Å². The van der Waals surface area contributed by atoms with Gasteiger partial charge in [0.15, 0.2) is 0 Å². The van der Waals surface area contributed by atoms with E-state index in [-0.39, 0.29) is 0 Å². The lowest BCUT2D eigenvalue weighted by atomic mass is 9.81. The first-order valence-corrected chi connectivity index (χ1v) is 4.74. The van der Waals surface area contributed by atoms with Crippen molar-refractivity contribution < 1.29 is 0 Å². The Hall–Kier alpha value is -1.25. The van der Waals surface area contributed by atoms with Crippen molar-refractivity contribution in [2.75, 3.05) is 11.1 Å². The summed E-state index contributed by atoms with van der Waals surface area (Å²) < 4.78 is 0. The maximum absolute atomic E-state index is 5.65. The highest BCUT2D eigenvalue weighted by Crippen LogP contribution is 2.29. The zero-order chi connectivity index (χ0) is 9.26. The summed E-state index contributed by atoms with van der Waals surface area (Å²) in [6.07, 6.45) is 4.30. The minimum absolute atomic E-state index is 0.592. The van der Waals surface area contributed by atoms with Crippen molar-refractivity contribution in [3.05, 3.63) is 18.3 Å². The summed E-state index contributed by atoms with van der Waals surface area (Å²) in [7, 11) is 0. The number of nitrogens with one attached hydrogen (secondary N) is 1. The lowest BCUT2D eigenvalue weighted by Crippen LogP contribution is -2.36. The third-order valence-corrected chi connectivity index (χ3v) is 2.74. The Morgan fingerprint density at radius 3 is 2.92 bits per heavy atom. The average Bonchev–Trinajstić information content (AvgIpc) is 2.12. The van der Waals surface area contributed by atoms with Gasteiger partial charge in [-0.25, -0.2) is 4.98 Å². The molecule has 3 N–H and O–H groups in total. The zero-order valence-electron chi connectivity index (χ0n) is 7.83. The molecular weight excluding hydrogens is 162 g/mol. The van der Waals surface area contributed by atoms with Crippen molar-refractivity contribution in [1.82, 2.24) is 4.98 Å². The zero-order valence-corrected chi connectivity index (χ0v) is 7.83. The van der Waals surface area contributed by atoms with E-state index in [1.165, 1.54) is 12.8 Å². The Balaban J connectivity index is 2.01. The molecule has 2 unspecified atom stereocenters. The molecule has 0 spiro atoms. The van der Waals surface area contributed by atoms with Crippen molar-refractivity contribution in [3.8, 4) is 0 Å². The van der Waals surface area contributed by atoms with Gasteiger partial charge in [-0.15, -0.1) is 0 Å². The van der Waals surface area contributed by atoms with Gasteiger partial charge in [-0.05, 0) is 24.8 Å². The van der Waals surface area contributed by atoms with E-state index in [2.05, 4.69) is 17.2 Å². The standard InChI is InChI=1S/C10H15N3/c1-7-2-3-9(7)13-10-6-8(11)4-5-12-10/h4-7,9H,2-3H2,1H3,(H3,11,12,13). The van der Waals surface area contributed by atoms with E-state index < -0.39 is 0 Å². The lowest BCUT2D eigenvalue weighted by molar-refractivity contribution is 0.303. The molecule has 0 bridgehead atoms. The van der Waals surface area contributed by atoms with E-state index in [0.29, 0.717) is 6.04 Å². The fourth-order valence-electron chi connectivity index (χ4n) is 1.60. The third-order valence-electron chi connectivity index (χ3n) is 2.74. The normalized spacial score (nSPS) is 26.5. The number of anilines is 2. The molecule has 1 aromatic rings.